The zero-order valence-electron chi connectivity index (χ0n) is 13.5. The van der Waals surface area contributed by atoms with Gasteiger partial charge in [-0.1, -0.05) is 0 Å². The molecule has 8 heteroatoms. The lowest BCUT2D eigenvalue weighted by Gasteiger charge is -2.33. The molecule has 1 aliphatic rings. The summed E-state index contributed by atoms with van der Waals surface area (Å²) in [5, 5.41) is 6.28. The first kappa shape index (κ1) is 17.6. The fourth-order valence-corrected chi connectivity index (χ4v) is 2.88. The van der Waals surface area contributed by atoms with Crippen molar-refractivity contribution in [3.05, 3.63) is 39.1 Å². The Morgan fingerprint density at radius 1 is 1.21 bits per heavy atom. The molecule has 0 radical (unpaired) electrons. The Labute approximate surface area is 142 Å². The van der Waals surface area contributed by atoms with Crippen LogP contribution in [0, 0.1) is 0 Å². The first-order valence-corrected chi connectivity index (χ1v) is 7.78. The molecule has 0 saturated carbocycles. The van der Waals surface area contributed by atoms with Crippen molar-refractivity contribution in [1.82, 2.24) is 0 Å². The third kappa shape index (κ3) is 3.41. The molecule has 1 aromatic rings. The lowest BCUT2D eigenvalue weighted by molar-refractivity contribution is -0.173. The number of thiophene rings is 1. The molecule has 0 aromatic carbocycles. The van der Waals surface area contributed by atoms with Gasteiger partial charge in [0.1, 0.15) is 5.57 Å². The molecule has 0 unspecified atom stereocenters. The molecule has 7 nitrogen and oxygen atoms in total. The Morgan fingerprint density at radius 3 is 2.29 bits per heavy atom. The Balaban J connectivity index is 2.46. The molecule has 1 saturated heterocycles. The first-order chi connectivity index (χ1) is 11.3. The van der Waals surface area contributed by atoms with Crippen LogP contribution in [0.2, 0.25) is 0 Å². The summed E-state index contributed by atoms with van der Waals surface area (Å²) in [6.07, 6.45) is 0. The number of ether oxygens (including phenoxy) is 3. The summed E-state index contributed by atoms with van der Waals surface area (Å²) in [5.74, 6) is 1.27. The van der Waals surface area contributed by atoms with Crippen molar-refractivity contribution in [3.8, 4) is 0 Å². The summed E-state index contributed by atoms with van der Waals surface area (Å²) in [5.41, 5.74) is 1.26. The quantitative estimate of drug-likeness (QED) is 0.662. The predicted molar refractivity (Wildman–Crippen MR) is 86.6 cm³/mol. The third-order valence-electron chi connectivity index (χ3n) is 3.10. The summed E-state index contributed by atoms with van der Waals surface area (Å²) in [4.78, 5) is 34.2. The highest BCUT2D eigenvalue weighted by Gasteiger charge is 2.37. The lowest BCUT2D eigenvalue weighted by atomic mass is 10.1. The Bertz CT molecular complexity index is 774. The number of methoxy groups -OCH3 is 1. The number of esters is 1. The second-order valence-corrected chi connectivity index (χ2v) is 6.03. The zero-order valence-corrected chi connectivity index (χ0v) is 14.3. The monoisotopic (exact) mass is 349 g/mol. The van der Waals surface area contributed by atoms with E-state index >= 15 is 0 Å². The number of allylic oxidation sites excluding steroid dienone is 1. The van der Waals surface area contributed by atoms with E-state index in [1.165, 1.54) is 18.4 Å². The Kier molecular flexibility index (Phi) is 4.95. The Morgan fingerprint density at radius 2 is 1.79 bits per heavy atom. The van der Waals surface area contributed by atoms with Gasteiger partial charge in [-0.15, -0.1) is 11.3 Å². The topological polar surface area (TPSA) is 90.9 Å². The minimum Gasteiger partial charge on any atom is -0.465 e. The van der Waals surface area contributed by atoms with Crippen molar-refractivity contribution in [2.45, 2.75) is 26.6 Å². The maximum absolute atomic E-state index is 11.7. The fourth-order valence-electron chi connectivity index (χ4n) is 2.13. The van der Waals surface area contributed by atoms with Crippen molar-refractivity contribution < 1.29 is 28.6 Å². The molecule has 2 rings (SSSR count). The van der Waals surface area contributed by atoms with Gasteiger partial charge in [0.25, 0.3) is 0 Å². The van der Waals surface area contributed by atoms with Crippen LogP contribution in [0.15, 0.2) is 33.5 Å². The van der Waals surface area contributed by atoms with Gasteiger partial charge in [0, 0.05) is 30.3 Å². The SMILES string of the molecule is COC(=O)c1cscc1NC(C)=C1C(=C=O)OC(C)(C)OC1=C=O. The summed E-state index contributed by atoms with van der Waals surface area (Å²) in [6, 6.07) is 0. The average Bonchev–Trinajstić information content (AvgIpc) is 3.00. The summed E-state index contributed by atoms with van der Waals surface area (Å²) >= 11 is 1.29. The van der Waals surface area contributed by atoms with E-state index in [0.717, 1.165) is 0 Å². The molecule has 0 atom stereocenters. The summed E-state index contributed by atoms with van der Waals surface area (Å²) < 4.78 is 15.5. The van der Waals surface area contributed by atoms with Crippen LogP contribution in [0.3, 0.4) is 0 Å². The van der Waals surface area contributed by atoms with Crippen LogP contribution in [-0.2, 0) is 23.8 Å². The summed E-state index contributed by atoms with van der Waals surface area (Å²) in [7, 11) is 1.28. The van der Waals surface area contributed by atoms with Crippen LogP contribution in [0.1, 0.15) is 31.1 Å². The molecule has 0 aliphatic carbocycles. The number of hydrogen-bond acceptors (Lipinski definition) is 8. The molecule has 2 heterocycles. The number of rotatable bonds is 3. The average molecular weight is 349 g/mol. The zero-order chi connectivity index (χ0) is 17.9. The third-order valence-corrected chi connectivity index (χ3v) is 3.84. The van der Waals surface area contributed by atoms with E-state index in [1.54, 1.807) is 43.4 Å². The largest absolute Gasteiger partial charge is 0.465 e. The van der Waals surface area contributed by atoms with Crippen LogP contribution in [0.25, 0.3) is 0 Å². The number of nitrogens with one attached hydrogen (secondary N) is 1. The van der Waals surface area contributed by atoms with Crippen molar-refractivity contribution >= 4 is 34.9 Å². The van der Waals surface area contributed by atoms with Crippen molar-refractivity contribution in [1.29, 1.82) is 0 Å². The minimum absolute atomic E-state index is 0.0985. The van der Waals surface area contributed by atoms with Gasteiger partial charge in [-0.3, -0.25) is 0 Å². The van der Waals surface area contributed by atoms with Gasteiger partial charge in [-0.25, -0.2) is 14.4 Å². The molecule has 0 bridgehead atoms. The van der Waals surface area contributed by atoms with Crippen LogP contribution < -0.4 is 5.32 Å². The van der Waals surface area contributed by atoms with Gasteiger partial charge < -0.3 is 19.5 Å². The van der Waals surface area contributed by atoms with E-state index < -0.39 is 11.8 Å². The van der Waals surface area contributed by atoms with Gasteiger partial charge in [0.05, 0.1) is 18.4 Å². The molecule has 1 aromatic heterocycles. The van der Waals surface area contributed by atoms with Crippen LogP contribution >= 0.6 is 11.3 Å². The van der Waals surface area contributed by atoms with Crippen LogP contribution in [0.4, 0.5) is 5.69 Å². The molecular weight excluding hydrogens is 334 g/mol. The molecule has 0 spiro atoms. The van der Waals surface area contributed by atoms with Gasteiger partial charge in [0.2, 0.25) is 17.3 Å². The molecule has 24 heavy (non-hydrogen) atoms. The highest BCUT2D eigenvalue weighted by atomic mass is 32.1. The van der Waals surface area contributed by atoms with E-state index in [1.807, 2.05) is 0 Å². The Hall–Kier alpha value is -2.79. The lowest BCUT2D eigenvalue weighted by Crippen LogP contribution is -2.34. The molecule has 1 N–H and O–H groups in total. The molecular formula is C16H15NO6S. The maximum Gasteiger partial charge on any atom is 0.340 e. The second-order valence-electron chi connectivity index (χ2n) is 5.28. The normalized spacial score (nSPS) is 15.6. The number of carbonyl (C=O) groups is 1. The highest BCUT2D eigenvalue weighted by Crippen LogP contribution is 2.36. The minimum atomic E-state index is -1.19. The second kappa shape index (κ2) is 6.76. The van der Waals surface area contributed by atoms with Gasteiger partial charge in [0.15, 0.2) is 11.9 Å². The number of carbonyl (C=O) groups excluding carboxylic acids is 3. The van der Waals surface area contributed by atoms with E-state index in [2.05, 4.69) is 5.32 Å². The first-order valence-electron chi connectivity index (χ1n) is 6.84. The number of hydrogen-bond donors (Lipinski definition) is 1. The van der Waals surface area contributed by atoms with Gasteiger partial charge in [-0.05, 0) is 6.92 Å². The standard InChI is InChI=1S/C16H15NO6S/c1-9(17-11-8-24-7-10(11)15(20)21-4)14-12(5-18)22-16(2,3)23-13(14)6-19/h7-8,17H,1-4H3. The molecule has 1 fully saturated rings. The molecule has 0 amide bonds. The van der Waals surface area contributed by atoms with E-state index in [9.17, 15) is 14.4 Å². The predicted octanol–water partition coefficient (Wildman–Crippen LogP) is 2.43. The molecule has 1 aliphatic heterocycles. The van der Waals surface area contributed by atoms with Crippen LogP contribution in [-0.4, -0.2) is 30.7 Å². The van der Waals surface area contributed by atoms with Crippen molar-refractivity contribution in [2.75, 3.05) is 12.4 Å². The summed E-state index contributed by atoms with van der Waals surface area (Å²) in [6.45, 7) is 4.71. The van der Waals surface area contributed by atoms with Crippen LogP contribution in [0.5, 0.6) is 0 Å². The fraction of sp³-hybridized carbons (Fsp3) is 0.312. The smallest absolute Gasteiger partial charge is 0.340 e. The number of anilines is 1. The van der Waals surface area contributed by atoms with Gasteiger partial charge >= 0.3 is 5.97 Å². The highest BCUT2D eigenvalue weighted by molar-refractivity contribution is 7.08. The van der Waals surface area contributed by atoms with E-state index in [4.69, 9.17) is 14.2 Å². The van der Waals surface area contributed by atoms with Gasteiger partial charge in [-0.2, -0.15) is 0 Å². The van der Waals surface area contributed by atoms with Crippen molar-refractivity contribution in [3.63, 3.8) is 0 Å². The maximum atomic E-state index is 11.7. The van der Waals surface area contributed by atoms with E-state index in [-0.39, 0.29) is 17.1 Å². The van der Waals surface area contributed by atoms with E-state index in [0.29, 0.717) is 16.9 Å². The van der Waals surface area contributed by atoms with Crippen molar-refractivity contribution in [2.24, 2.45) is 0 Å². The molecule has 126 valence electrons.